The molecule has 0 saturated carbocycles. The number of aromatic nitrogens is 1. The average Bonchev–Trinajstić information content (AvgIpc) is 3.16. The van der Waals surface area contributed by atoms with Gasteiger partial charge in [-0.25, -0.2) is 4.79 Å². The van der Waals surface area contributed by atoms with Crippen LogP contribution in [0.1, 0.15) is 24.0 Å². The highest BCUT2D eigenvalue weighted by Gasteiger charge is 2.33. The van der Waals surface area contributed by atoms with Crippen LogP contribution in [0.3, 0.4) is 0 Å². The van der Waals surface area contributed by atoms with Gasteiger partial charge < -0.3 is 15.5 Å². The molecule has 2 N–H and O–H groups in total. The van der Waals surface area contributed by atoms with Crippen molar-refractivity contribution in [3.63, 3.8) is 0 Å². The molecule has 0 aliphatic carbocycles. The predicted molar refractivity (Wildman–Crippen MR) is 105 cm³/mol. The van der Waals surface area contributed by atoms with Gasteiger partial charge in [0.05, 0.1) is 0 Å². The highest BCUT2D eigenvalue weighted by molar-refractivity contribution is 6.36. The maximum Gasteiger partial charge on any atom is 0.318 e. The van der Waals surface area contributed by atoms with Crippen LogP contribution in [0.4, 0.5) is 4.79 Å². The second-order valence-electron chi connectivity index (χ2n) is 6.29. The van der Waals surface area contributed by atoms with E-state index in [0.29, 0.717) is 35.1 Å². The molecule has 1 aromatic carbocycles. The number of carbonyl (C=O) groups excluding carboxylic acids is 2. The number of nitrogens with one attached hydrogen (secondary N) is 2. The lowest BCUT2D eigenvalue weighted by Crippen LogP contribution is -2.49. The van der Waals surface area contributed by atoms with E-state index in [1.54, 1.807) is 35.5 Å². The molecule has 1 aromatic heterocycles. The number of pyridine rings is 1. The van der Waals surface area contributed by atoms with Gasteiger partial charge in [0, 0.05) is 47.6 Å². The fourth-order valence-electron chi connectivity index (χ4n) is 3.06. The zero-order valence-electron chi connectivity index (χ0n) is 14.6. The molecule has 1 atom stereocenters. The van der Waals surface area contributed by atoms with E-state index in [1.807, 2.05) is 12.1 Å². The Labute approximate surface area is 167 Å². The molecular formula is C19H20Cl2N4O2. The summed E-state index contributed by atoms with van der Waals surface area (Å²) < 4.78 is 0. The summed E-state index contributed by atoms with van der Waals surface area (Å²) in [5.74, 6) is -0.165. The second kappa shape index (κ2) is 9.06. The third-order valence-electron chi connectivity index (χ3n) is 4.48. The Morgan fingerprint density at radius 1 is 1.11 bits per heavy atom. The Kier molecular flexibility index (Phi) is 6.53. The summed E-state index contributed by atoms with van der Waals surface area (Å²) in [4.78, 5) is 30.7. The Bertz CT molecular complexity index is 796. The van der Waals surface area contributed by atoms with Crippen LogP contribution in [-0.4, -0.2) is 34.4 Å². The molecule has 0 bridgehead atoms. The van der Waals surface area contributed by atoms with E-state index >= 15 is 0 Å². The second-order valence-corrected chi connectivity index (χ2v) is 7.10. The van der Waals surface area contributed by atoms with Crippen LogP contribution in [0.25, 0.3) is 0 Å². The van der Waals surface area contributed by atoms with Gasteiger partial charge in [-0.1, -0.05) is 35.3 Å². The van der Waals surface area contributed by atoms with Crippen molar-refractivity contribution in [3.8, 4) is 0 Å². The van der Waals surface area contributed by atoms with Gasteiger partial charge in [0.25, 0.3) is 0 Å². The zero-order chi connectivity index (χ0) is 19.2. The normalized spacial score (nSPS) is 16.2. The fourth-order valence-corrected chi connectivity index (χ4v) is 3.59. The summed E-state index contributed by atoms with van der Waals surface area (Å²) in [5, 5.41) is 6.67. The third kappa shape index (κ3) is 4.90. The summed E-state index contributed by atoms with van der Waals surface area (Å²) in [6.45, 7) is 1.12. The summed E-state index contributed by atoms with van der Waals surface area (Å²) in [6, 6.07) is 8.11. The van der Waals surface area contributed by atoms with Crippen LogP contribution in [-0.2, 0) is 17.9 Å². The molecule has 27 heavy (non-hydrogen) atoms. The molecule has 2 aromatic rings. The molecule has 1 fully saturated rings. The lowest BCUT2D eigenvalue weighted by Gasteiger charge is -2.24. The van der Waals surface area contributed by atoms with Gasteiger partial charge in [0.2, 0.25) is 5.91 Å². The van der Waals surface area contributed by atoms with Crippen molar-refractivity contribution in [2.24, 2.45) is 0 Å². The topological polar surface area (TPSA) is 74.3 Å². The van der Waals surface area contributed by atoms with Gasteiger partial charge in [-0.05, 0) is 36.6 Å². The minimum absolute atomic E-state index is 0.165. The molecule has 6 nitrogen and oxygen atoms in total. The summed E-state index contributed by atoms with van der Waals surface area (Å²) in [5.41, 5.74) is 1.57. The molecule has 8 heteroatoms. The Balaban J connectivity index is 1.56. The van der Waals surface area contributed by atoms with E-state index < -0.39 is 6.04 Å². The number of urea groups is 1. The quantitative estimate of drug-likeness (QED) is 0.798. The smallest absolute Gasteiger partial charge is 0.318 e. The molecule has 0 spiro atoms. The van der Waals surface area contributed by atoms with Crippen LogP contribution < -0.4 is 10.6 Å². The number of halogens is 2. The van der Waals surface area contributed by atoms with E-state index in [2.05, 4.69) is 15.6 Å². The Morgan fingerprint density at radius 2 is 1.89 bits per heavy atom. The van der Waals surface area contributed by atoms with Gasteiger partial charge in [-0.15, -0.1) is 0 Å². The fraction of sp³-hybridized carbons (Fsp3) is 0.316. The van der Waals surface area contributed by atoms with Crippen molar-refractivity contribution in [1.29, 1.82) is 0 Å². The first-order chi connectivity index (χ1) is 13.1. The van der Waals surface area contributed by atoms with Crippen LogP contribution >= 0.6 is 23.2 Å². The summed E-state index contributed by atoms with van der Waals surface area (Å²) in [7, 11) is 0. The summed E-state index contributed by atoms with van der Waals surface area (Å²) in [6.07, 6.45) is 4.80. The number of amides is 3. The first kappa shape index (κ1) is 19.5. The van der Waals surface area contributed by atoms with Crippen molar-refractivity contribution < 1.29 is 9.59 Å². The number of hydrogen-bond donors (Lipinski definition) is 2. The number of carbonyl (C=O) groups is 2. The molecule has 1 saturated heterocycles. The SMILES string of the molecule is O=C(NCc1cccnc1)[C@@H]1CCCN1C(=O)NCc1c(Cl)cccc1Cl. The van der Waals surface area contributed by atoms with Gasteiger partial charge in [-0.3, -0.25) is 9.78 Å². The van der Waals surface area contributed by atoms with E-state index in [-0.39, 0.29) is 18.5 Å². The maximum atomic E-state index is 12.6. The first-order valence-electron chi connectivity index (χ1n) is 8.70. The minimum Gasteiger partial charge on any atom is -0.350 e. The Hall–Kier alpha value is -2.31. The molecular weight excluding hydrogens is 387 g/mol. The Morgan fingerprint density at radius 3 is 2.59 bits per heavy atom. The molecule has 1 aliphatic heterocycles. The van der Waals surface area contributed by atoms with Gasteiger partial charge in [-0.2, -0.15) is 0 Å². The first-order valence-corrected chi connectivity index (χ1v) is 9.46. The number of nitrogens with zero attached hydrogens (tertiary/aromatic N) is 2. The van der Waals surface area contributed by atoms with Crippen molar-refractivity contribution in [2.75, 3.05) is 6.54 Å². The van der Waals surface area contributed by atoms with Crippen LogP contribution in [0.15, 0.2) is 42.7 Å². The molecule has 1 aliphatic rings. The zero-order valence-corrected chi connectivity index (χ0v) is 16.1. The van der Waals surface area contributed by atoms with Crippen LogP contribution in [0, 0.1) is 0 Å². The minimum atomic E-state index is -0.483. The molecule has 142 valence electrons. The largest absolute Gasteiger partial charge is 0.350 e. The molecule has 0 radical (unpaired) electrons. The molecule has 3 amide bonds. The number of hydrogen-bond acceptors (Lipinski definition) is 3. The van der Waals surface area contributed by atoms with E-state index in [9.17, 15) is 9.59 Å². The number of rotatable bonds is 5. The van der Waals surface area contributed by atoms with E-state index in [0.717, 1.165) is 12.0 Å². The van der Waals surface area contributed by atoms with Gasteiger partial charge in [0.15, 0.2) is 0 Å². The van der Waals surface area contributed by atoms with Crippen molar-refractivity contribution >= 4 is 35.1 Å². The number of benzene rings is 1. The average molecular weight is 407 g/mol. The lowest BCUT2D eigenvalue weighted by atomic mass is 10.2. The third-order valence-corrected chi connectivity index (χ3v) is 5.19. The molecule has 3 rings (SSSR count). The van der Waals surface area contributed by atoms with Gasteiger partial charge >= 0.3 is 6.03 Å². The van der Waals surface area contributed by atoms with Crippen molar-refractivity contribution in [3.05, 3.63) is 63.9 Å². The maximum absolute atomic E-state index is 12.6. The van der Waals surface area contributed by atoms with Crippen molar-refractivity contribution in [2.45, 2.75) is 32.0 Å². The lowest BCUT2D eigenvalue weighted by molar-refractivity contribution is -0.124. The van der Waals surface area contributed by atoms with Crippen LogP contribution in [0.5, 0.6) is 0 Å². The standard InChI is InChI=1S/C19H20Cl2N4O2/c20-15-5-1-6-16(21)14(15)12-24-19(27)25-9-3-7-17(25)18(26)23-11-13-4-2-8-22-10-13/h1-2,4-6,8,10,17H,3,7,9,11-12H2,(H,23,26)(H,24,27)/t17-/m0/s1. The van der Waals surface area contributed by atoms with Gasteiger partial charge in [0.1, 0.15) is 6.04 Å². The highest BCUT2D eigenvalue weighted by atomic mass is 35.5. The summed E-state index contributed by atoms with van der Waals surface area (Å²) >= 11 is 12.3. The molecule has 0 unspecified atom stereocenters. The van der Waals surface area contributed by atoms with Crippen LogP contribution in [0.2, 0.25) is 10.0 Å². The highest BCUT2D eigenvalue weighted by Crippen LogP contribution is 2.24. The van der Waals surface area contributed by atoms with Crippen molar-refractivity contribution in [1.82, 2.24) is 20.5 Å². The van der Waals surface area contributed by atoms with E-state index in [1.165, 1.54) is 0 Å². The molecule has 2 heterocycles. The number of likely N-dealkylation sites (tertiary alicyclic amines) is 1. The monoisotopic (exact) mass is 406 g/mol. The van der Waals surface area contributed by atoms with E-state index in [4.69, 9.17) is 23.2 Å². The predicted octanol–water partition coefficient (Wildman–Crippen LogP) is 3.38.